The van der Waals surface area contributed by atoms with Gasteiger partial charge in [-0.2, -0.15) is 0 Å². The van der Waals surface area contributed by atoms with Crippen LogP contribution in [-0.4, -0.2) is 25.4 Å². The molecular weight excluding hydrogens is 190 g/mol. The van der Waals surface area contributed by atoms with E-state index in [-0.39, 0.29) is 0 Å². The summed E-state index contributed by atoms with van der Waals surface area (Å²) < 4.78 is 6.31. The molecule has 0 aromatic carbocycles. The number of aromatic nitrogens is 5. The Balaban J connectivity index is 1.97. The minimum atomic E-state index is 0.713. The van der Waals surface area contributed by atoms with Gasteiger partial charge in [0.25, 0.3) is 0 Å². The van der Waals surface area contributed by atoms with Crippen molar-refractivity contribution in [2.75, 3.05) is 0 Å². The molecule has 0 amide bonds. The third kappa shape index (κ3) is 1.86. The van der Waals surface area contributed by atoms with E-state index in [1.54, 1.807) is 18.0 Å². The van der Waals surface area contributed by atoms with Gasteiger partial charge in [-0.25, -0.2) is 4.68 Å². The third-order valence-corrected chi connectivity index (χ3v) is 2.47. The van der Waals surface area contributed by atoms with Gasteiger partial charge < -0.3 is 4.52 Å². The average molecular weight is 197 g/mol. The molecule has 0 spiro atoms. The molecule has 7 heteroatoms. The molecular formula is C6H7N5OS. The molecule has 0 saturated carbocycles. The van der Waals surface area contributed by atoms with Crippen molar-refractivity contribution in [3.8, 4) is 0 Å². The summed E-state index contributed by atoms with van der Waals surface area (Å²) in [4.78, 5) is 0. The van der Waals surface area contributed by atoms with Crippen LogP contribution in [0.1, 0.15) is 5.69 Å². The van der Waals surface area contributed by atoms with Gasteiger partial charge in [-0.15, -0.1) is 5.10 Å². The average Bonchev–Trinajstić information content (AvgIpc) is 2.72. The summed E-state index contributed by atoms with van der Waals surface area (Å²) in [5.74, 6) is 0.713. The Hall–Kier alpha value is -1.37. The monoisotopic (exact) mass is 197 g/mol. The maximum Gasteiger partial charge on any atom is 0.209 e. The topological polar surface area (TPSA) is 69.6 Å². The summed E-state index contributed by atoms with van der Waals surface area (Å²) in [5.41, 5.74) is 0.882. The first kappa shape index (κ1) is 8.24. The van der Waals surface area contributed by atoms with Crippen LogP contribution in [0.15, 0.2) is 22.0 Å². The van der Waals surface area contributed by atoms with Gasteiger partial charge in [0.05, 0.1) is 5.69 Å². The fourth-order valence-corrected chi connectivity index (χ4v) is 1.54. The molecule has 0 aliphatic carbocycles. The Morgan fingerprint density at radius 2 is 2.54 bits per heavy atom. The molecule has 0 saturated heterocycles. The van der Waals surface area contributed by atoms with Gasteiger partial charge in [0.1, 0.15) is 6.26 Å². The lowest BCUT2D eigenvalue weighted by molar-refractivity contribution is 0.414. The van der Waals surface area contributed by atoms with Crippen LogP contribution in [0.4, 0.5) is 0 Å². The van der Waals surface area contributed by atoms with Crippen molar-refractivity contribution in [2.24, 2.45) is 7.05 Å². The zero-order valence-electron chi connectivity index (χ0n) is 6.91. The second-order valence-electron chi connectivity index (χ2n) is 2.36. The van der Waals surface area contributed by atoms with Gasteiger partial charge in [0, 0.05) is 18.9 Å². The highest BCUT2D eigenvalue weighted by Gasteiger charge is 2.04. The first-order valence-corrected chi connectivity index (χ1v) is 4.59. The van der Waals surface area contributed by atoms with Gasteiger partial charge in [0.2, 0.25) is 5.16 Å². The van der Waals surface area contributed by atoms with Crippen molar-refractivity contribution in [2.45, 2.75) is 10.9 Å². The highest BCUT2D eigenvalue weighted by molar-refractivity contribution is 7.98. The van der Waals surface area contributed by atoms with Crippen molar-refractivity contribution in [3.05, 3.63) is 18.0 Å². The van der Waals surface area contributed by atoms with E-state index in [2.05, 4.69) is 20.7 Å². The second-order valence-corrected chi connectivity index (χ2v) is 3.31. The Morgan fingerprint density at radius 1 is 1.62 bits per heavy atom. The molecule has 0 aliphatic rings. The molecule has 6 nitrogen and oxygen atoms in total. The standard InChI is InChI=1S/C6H7N5OS/c1-11-6(7-9-10-11)13-4-5-2-3-12-8-5/h2-3H,4H2,1H3. The SMILES string of the molecule is Cn1nnnc1SCc1ccon1. The Bertz CT molecular complexity index is 370. The van der Waals surface area contributed by atoms with Crippen molar-refractivity contribution >= 4 is 11.8 Å². The van der Waals surface area contributed by atoms with Crippen LogP contribution in [0.2, 0.25) is 0 Å². The molecule has 2 heterocycles. The van der Waals surface area contributed by atoms with Gasteiger partial charge >= 0.3 is 0 Å². The number of rotatable bonds is 3. The van der Waals surface area contributed by atoms with E-state index in [0.717, 1.165) is 10.9 Å². The first-order chi connectivity index (χ1) is 6.36. The van der Waals surface area contributed by atoms with Crippen LogP contribution < -0.4 is 0 Å². The van der Waals surface area contributed by atoms with Crippen LogP contribution in [0.25, 0.3) is 0 Å². The Kier molecular flexibility index (Phi) is 2.26. The van der Waals surface area contributed by atoms with E-state index in [9.17, 15) is 0 Å². The maximum absolute atomic E-state index is 4.69. The predicted molar refractivity (Wildman–Crippen MR) is 44.9 cm³/mol. The van der Waals surface area contributed by atoms with Gasteiger partial charge in [-0.1, -0.05) is 16.9 Å². The molecule has 68 valence electrons. The van der Waals surface area contributed by atoms with Crippen LogP contribution in [0, 0.1) is 0 Å². The van der Waals surface area contributed by atoms with Crippen molar-refractivity contribution in [1.82, 2.24) is 25.4 Å². The van der Waals surface area contributed by atoms with Gasteiger partial charge in [-0.3, -0.25) is 0 Å². The molecule has 0 N–H and O–H groups in total. The van der Waals surface area contributed by atoms with Crippen molar-refractivity contribution < 1.29 is 4.52 Å². The number of thioether (sulfide) groups is 1. The normalized spacial score (nSPS) is 10.5. The van der Waals surface area contributed by atoms with Gasteiger partial charge in [0.15, 0.2) is 0 Å². The summed E-state index contributed by atoms with van der Waals surface area (Å²) in [6, 6.07) is 1.82. The number of hydrogen-bond acceptors (Lipinski definition) is 6. The number of nitrogens with zero attached hydrogens (tertiary/aromatic N) is 5. The maximum atomic E-state index is 4.69. The number of hydrogen-bond donors (Lipinski definition) is 0. The summed E-state index contributed by atoms with van der Waals surface area (Å²) in [7, 11) is 1.80. The highest BCUT2D eigenvalue weighted by atomic mass is 32.2. The largest absolute Gasteiger partial charge is 0.364 e. The lowest BCUT2D eigenvalue weighted by Gasteiger charge is -1.94. The summed E-state index contributed by atoms with van der Waals surface area (Å²) in [5, 5.41) is 15.6. The molecule has 0 unspecified atom stereocenters. The van der Waals surface area contributed by atoms with Gasteiger partial charge in [-0.05, 0) is 10.4 Å². The minimum Gasteiger partial charge on any atom is -0.364 e. The fraction of sp³-hybridized carbons (Fsp3) is 0.333. The predicted octanol–water partition coefficient (Wildman–Crippen LogP) is 0.490. The number of tetrazole rings is 1. The summed E-state index contributed by atoms with van der Waals surface area (Å²) in [6.45, 7) is 0. The first-order valence-electron chi connectivity index (χ1n) is 3.60. The molecule has 2 aromatic rings. The highest BCUT2D eigenvalue weighted by Crippen LogP contribution is 2.17. The second kappa shape index (κ2) is 3.56. The van der Waals surface area contributed by atoms with E-state index in [1.165, 1.54) is 11.8 Å². The molecule has 0 aliphatic heterocycles. The molecule has 0 fully saturated rings. The number of aryl methyl sites for hydroxylation is 1. The lowest BCUT2D eigenvalue weighted by atomic mass is 10.5. The summed E-state index contributed by atoms with van der Waals surface area (Å²) >= 11 is 1.52. The quantitative estimate of drug-likeness (QED) is 0.667. The molecule has 2 rings (SSSR count). The van der Waals surface area contributed by atoms with E-state index in [0.29, 0.717) is 5.75 Å². The van der Waals surface area contributed by atoms with E-state index < -0.39 is 0 Å². The van der Waals surface area contributed by atoms with Crippen LogP contribution >= 0.6 is 11.8 Å². The molecule has 0 atom stereocenters. The van der Waals surface area contributed by atoms with E-state index in [4.69, 9.17) is 4.52 Å². The fourth-order valence-electron chi connectivity index (χ4n) is 0.794. The summed E-state index contributed by atoms with van der Waals surface area (Å²) in [6.07, 6.45) is 1.55. The smallest absolute Gasteiger partial charge is 0.209 e. The molecule has 0 bridgehead atoms. The van der Waals surface area contributed by atoms with E-state index >= 15 is 0 Å². The molecule has 2 aromatic heterocycles. The third-order valence-electron chi connectivity index (χ3n) is 1.42. The van der Waals surface area contributed by atoms with Crippen LogP contribution in [0.3, 0.4) is 0 Å². The Morgan fingerprint density at radius 3 is 3.15 bits per heavy atom. The van der Waals surface area contributed by atoms with E-state index in [1.807, 2.05) is 6.07 Å². The van der Waals surface area contributed by atoms with Crippen molar-refractivity contribution in [1.29, 1.82) is 0 Å². The zero-order chi connectivity index (χ0) is 9.10. The van der Waals surface area contributed by atoms with Crippen LogP contribution in [-0.2, 0) is 12.8 Å². The van der Waals surface area contributed by atoms with Crippen molar-refractivity contribution in [3.63, 3.8) is 0 Å². The minimum absolute atomic E-state index is 0.713. The molecule has 13 heavy (non-hydrogen) atoms. The van der Waals surface area contributed by atoms with Crippen LogP contribution in [0.5, 0.6) is 0 Å². The zero-order valence-corrected chi connectivity index (χ0v) is 7.73. The Labute approximate surface area is 78.3 Å². The lowest BCUT2D eigenvalue weighted by Crippen LogP contribution is -1.93. The molecule has 0 radical (unpaired) electrons.